The summed E-state index contributed by atoms with van der Waals surface area (Å²) in [4.78, 5) is 31.4. The maximum Gasteiger partial charge on any atom is 0.390 e. The number of aliphatic hydroxyl groups is 1. The molecule has 9 atom stereocenters. The molecular weight excluding hydrogens is 524 g/mol. The number of allylic oxidation sites excluding steroid dienone is 4. The van der Waals surface area contributed by atoms with Crippen molar-refractivity contribution in [2.24, 2.45) is 28.6 Å². The van der Waals surface area contributed by atoms with Crippen LogP contribution in [0.4, 0.5) is 26.3 Å². The number of hydrogen-bond donors (Lipinski definition) is 1. The molecule has 1 saturated heterocycles. The van der Waals surface area contributed by atoms with Gasteiger partial charge < -0.3 is 5.11 Å². The fraction of sp³-hybridized carbons (Fsp3) is 0.760. The van der Waals surface area contributed by atoms with E-state index in [1.165, 1.54) is 13.0 Å². The molecule has 5 aliphatic rings. The van der Waals surface area contributed by atoms with Gasteiger partial charge in [0.05, 0.1) is 12.5 Å². The number of aliphatic hydroxyl groups excluding tert-OH is 1. The summed E-state index contributed by atoms with van der Waals surface area (Å²) >= 11 is 0.337. The molecule has 0 unspecified atom stereocenters. The topological polar surface area (TPSA) is 66.8 Å². The predicted octanol–water partition coefficient (Wildman–Crippen LogP) is 4.66. The predicted molar refractivity (Wildman–Crippen MR) is 122 cm³/mol. The number of carbonyl (C=O) groups excluding carboxylic acids is 2. The van der Waals surface area contributed by atoms with Crippen LogP contribution >= 0.6 is 11.8 Å². The van der Waals surface area contributed by atoms with E-state index in [0.29, 0.717) is 11.8 Å². The fourth-order valence-corrected chi connectivity index (χ4v) is 8.96. The van der Waals surface area contributed by atoms with Crippen LogP contribution in [0, 0.1) is 28.6 Å². The lowest BCUT2D eigenvalue weighted by molar-refractivity contribution is -0.267. The molecular formula is C25H29F6NO4S. The van der Waals surface area contributed by atoms with Crippen LogP contribution in [-0.4, -0.2) is 69.9 Å². The number of rotatable bonds is 4. The fourth-order valence-electron chi connectivity index (χ4n) is 8.20. The van der Waals surface area contributed by atoms with Crippen LogP contribution in [0.25, 0.3) is 0 Å². The summed E-state index contributed by atoms with van der Waals surface area (Å²) < 4.78 is 84.8. The van der Waals surface area contributed by atoms with Crippen LogP contribution in [-0.2, 0) is 14.4 Å². The highest BCUT2D eigenvalue weighted by molar-refractivity contribution is 8.13. The third kappa shape index (κ3) is 3.57. The minimum absolute atomic E-state index is 0.0343. The Balaban J connectivity index is 1.56. The monoisotopic (exact) mass is 553 g/mol. The SMILES string of the molecule is C[C@]12C=CC(=O)C=C1[C@@H](F)C[C@H]1[C@@H]3C[C@H]4CN(CCC(F)(F)F)O[C@@]4(C(=O)SCF)[C@@]3(C)C[C@H](O)[C@@]12F. The molecule has 5 rings (SSSR count). The van der Waals surface area contributed by atoms with Crippen LogP contribution < -0.4 is 0 Å². The molecule has 1 heterocycles. The van der Waals surface area contributed by atoms with E-state index < -0.39 is 88.2 Å². The van der Waals surface area contributed by atoms with Gasteiger partial charge in [0.1, 0.15) is 12.2 Å². The Morgan fingerprint density at radius 2 is 1.97 bits per heavy atom. The van der Waals surface area contributed by atoms with Gasteiger partial charge in [0.15, 0.2) is 17.1 Å². The largest absolute Gasteiger partial charge is 0.390 e. The Hall–Kier alpha value is -1.37. The highest BCUT2D eigenvalue weighted by Gasteiger charge is 2.79. The van der Waals surface area contributed by atoms with Gasteiger partial charge in [-0.05, 0) is 49.8 Å². The molecule has 206 valence electrons. The second-order valence-corrected chi connectivity index (χ2v) is 12.3. The van der Waals surface area contributed by atoms with Crippen molar-refractivity contribution in [3.8, 4) is 0 Å². The Morgan fingerprint density at radius 3 is 2.62 bits per heavy atom. The first kappa shape index (κ1) is 27.2. The van der Waals surface area contributed by atoms with Gasteiger partial charge in [0.2, 0.25) is 5.12 Å². The first-order chi connectivity index (χ1) is 17.1. The molecule has 12 heteroatoms. The van der Waals surface area contributed by atoms with E-state index in [2.05, 4.69) is 0 Å². The number of nitrogens with zero attached hydrogens (tertiary/aromatic N) is 1. The molecule has 0 amide bonds. The van der Waals surface area contributed by atoms with E-state index in [-0.39, 0.29) is 31.4 Å². The molecule has 0 spiro atoms. The molecule has 0 radical (unpaired) electrons. The third-order valence-electron chi connectivity index (χ3n) is 9.81. The zero-order chi connectivity index (χ0) is 27.2. The molecule has 0 aromatic heterocycles. The number of thioether (sulfide) groups is 1. The van der Waals surface area contributed by atoms with Crippen LogP contribution in [0.5, 0.6) is 0 Å². The van der Waals surface area contributed by atoms with Crippen molar-refractivity contribution in [1.82, 2.24) is 5.06 Å². The van der Waals surface area contributed by atoms with E-state index in [4.69, 9.17) is 4.84 Å². The number of carbonyl (C=O) groups is 2. The molecule has 5 nitrogen and oxygen atoms in total. The van der Waals surface area contributed by atoms with Gasteiger partial charge in [-0.3, -0.25) is 14.4 Å². The highest BCUT2D eigenvalue weighted by Crippen LogP contribution is 2.73. The minimum Gasteiger partial charge on any atom is -0.390 e. The summed E-state index contributed by atoms with van der Waals surface area (Å²) in [6, 6.07) is -1.09. The molecule has 0 bridgehead atoms. The molecule has 1 N–H and O–H groups in total. The van der Waals surface area contributed by atoms with Gasteiger partial charge >= 0.3 is 6.18 Å². The van der Waals surface area contributed by atoms with Crippen molar-refractivity contribution in [2.45, 2.75) is 69.3 Å². The number of alkyl halides is 6. The van der Waals surface area contributed by atoms with E-state index in [0.717, 1.165) is 17.2 Å². The van der Waals surface area contributed by atoms with Gasteiger partial charge in [-0.25, -0.2) is 13.2 Å². The first-order valence-corrected chi connectivity index (χ1v) is 13.3. The molecule has 37 heavy (non-hydrogen) atoms. The maximum absolute atomic E-state index is 17.3. The molecule has 0 aromatic carbocycles. The molecule has 1 aliphatic heterocycles. The van der Waals surface area contributed by atoms with Gasteiger partial charge in [0.25, 0.3) is 0 Å². The molecule has 4 aliphatic carbocycles. The van der Waals surface area contributed by atoms with Crippen molar-refractivity contribution in [3.63, 3.8) is 0 Å². The lowest BCUT2D eigenvalue weighted by Gasteiger charge is -2.63. The average molecular weight is 554 g/mol. The quantitative estimate of drug-likeness (QED) is 0.512. The zero-order valence-electron chi connectivity index (χ0n) is 20.4. The Morgan fingerprint density at radius 1 is 1.27 bits per heavy atom. The van der Waals surface area contributed by atoms with Crippen LogP contribution in [0.2, 0.25) is 0 Å². The molecule has 0 aromatic rings. The lowest BCUT2D eigenvalue weighted by atomic mass is 9.44. The maximum atomic E-state index is 17.3. The number of halogens is 6. The van der Waals surface area contributed by atoms with Crippen molar-refractivity contribution < 1.29 is 45.9 Å². The summed E-state index contributed by atoms with van der Waals surface area (Å²) in [6.07, 6.45) is -5.95. The van der Waals surface area contributed by atoms with Crippen LogP contribution in [0.15, 0.2) is 23.8 Å². The molecule has 4 fully saturated rings. The Kier molecular flexibility index (Phi) is 6.30. The van der Waals surface area contributed by atoms with E-state index >= 15 is 8.78 Å². The van der Waals surface area contributed by atoms with Gasteiger partial charge in [-0.2, -0.15) is 18.2 Å². The Bertz CT molecular complexity index is 1070. The lowest BCUT2D eigenvalue weighted by Crippen LogP contribution is -2.70. The second-order valence-electron chi connectivity index (χ2n) is 11.4. The summed E-state index contributed by atoms with van der Waals surface area (Å²) in [5, 5.41) is 11.7. The first-order valence-electron chi connectivity index (χ1n) is 12.3. The third-order valence-corrected chi connectivity index (χ3v) is 10.5. The summed E-state index contributed by atoms with van der Waals surface area (Å²) in [7, 11) is 0. The van der Waals surface area contributed by atoms with Gasteiger partial charge in [-0.1, -0.05) is 24.8 Å². The average Bonchev–Trinajstić information content (AvgIpc) is 3.29. The van der Waals surface area contributed by atoms with Gasteiger partial charge in [0, 0.05) is 35.8 Å². The number of ketones is 1. The van der Waals surface area contributed by atoms with E-state index in [1.807, 2.05) is 0 Å². The number of hydroxylamine groups is 2. The van der Waals surface area contributed by atoms with E-state index in [9.17, 15) is 32.3 Å². The van der Waals surface area contributed by atoms with Crippen LogP contribution in [0.1, 0.15) is 39.5 Å². The molecule has 3 saturated carbocycles. The highest BCUT2D eigenvalue weighted by atomic mass is 32.2. The van der Waals surface area contributed by atoms with Crippen molar-refractivity contribution in [2.75, 3.05) is 19.1 Å². The van der Waals surface area contributed by atoms with Crippen molar-refractivity contribution in [1.29, 1.82) is 0 Å². The normalized spacial score (nSPS) is 47.2. The van der Waals surface area contributed by atoms with Crippen molar-refractivity contribution >= 4 is 22.7 Å². The minimum atomic E-state index is -4.46. The zero-order valence-corrected chi connectivity index (χ0v) is 21.2. The van der Waals surface area contributed by atoms with Gasteiger partial charge in [-0.15, -0.1) is 0 Å². The van der Waals surface area contributed by atoms with Crippen molar-refractivity contribution in [3.05, 3.63) is 23.8 Å². The summed E-state index contributed by atoms with van der Waals surface area (Å²) in [5.41, 5.74) is -7.09. The number of fused-ring (bicyclic) bond motifs is 7. The smallest absolute Gasteiger partial charge is 0.390 e. The standard InChI is InChI=1S/C25H29F6NO4S/c1-21-4-3-14(33)8-17(21)18(27)9-16-15-7-13-11-32(6-5-23(28,29)30)36-25(13,20(35)37-12-26)22(15,2)10-19(34)24(16,21)31/h3-4,8,13,15-16,18-19,34H,5-7,9-12H2,1-2H3/t13-,15-,16-,18-,19-,21-,22-,24-,25-/m0/s1. The van der Waals surface area contributed by atoms with E-state index in [1.54, 1.807) is 6.92 Å². The summed E-state index contributed by atoms with van der Waals surface area (Å²) in [5.74, 6) is -2.91. The Labute approximate surface area is 214 Å². The second kappa shape index (κ2) is 8.56. The summed E-state index contributed by atoms with van der Waals surface area (Å²) in [6.45, 7) is 2.48. The number of hydrogen-bond acceptors (Lipinski definition) is 6. The van der Waals surface area contributed by atoms with Crippen LogP contribution in [0.3, 0.4) is 0 Å².